The summed E-state index contributed by atoms with van der Waals surface area (Å²) in [5, 5.41) is 13.9. The van der Waals surface area contributed by atoms with Gasteiger partial charge in [-0.15, -0.1) is 11.3 Å². The number of anilines is 3. The molecule has 0 bridgehead atoms. The van der Waals surface area contributed by atoms with Crippen molar-refractivity contribution in [1.82, 2.24) is 9.78 Å². The fourth-order valence-corrected chi connectivity index (χ4v) is 6.01. The minimum Gasteiger partial charge on any atom is -0.385 e. The van der Waals surface area contributed by atoms with Crippen molar-refractivity contribution in [3.05, 3.63) is 58.1 Å². The number of rotatable bonds is 4. The summed E-state index contributed by atoms with van der Waals surface area (Å²) in [7, 11) is 1.81. The van der Waals surface area contributed by atoms with Crippen LogP contribution in [0.5, 0.6) is 0 Å². The molecule has 10 heteroatoms. The fraction of sp³-hybridized carbons (Fsp3) is 0.391. The quantitative estimate of drug-likeness (QED) is 0.448. The Bertz CT molecular complexity index is 1170. The predicted molar refractivity (Wildman–Crippen MR) is 123 cm³/mol. The highest BCUT2D eigenvalue weighted by Crippen LogP contribution is 2.45. The monoisotopic (exact) mass is 475 g/mol. The zero-order chi connectivity index (χ0) is 23.2. The van der Waals surface area contributed by atoms with Gasteiger partial charge in [-0.1, -0.05) is 30.3 Å². The van der Waals surface area contributed by atoms with E-state index in [1.54, 1.807) is 24.3 Å². The smallest absolute Gasteiger partial charge is 0.385 e. The molecule has 1 amide bonds. The molecule has 3 N–H and O–H groups in total. The highest BCUT2D eigenvalue weighted by molar-refractivity contribution is 7.17. The zero-order valence-corrected chi connectivity index (χ0v) is 18.8. The molecular formula is C23H24F3N5OS. The summed E-state index contributed by atoms with van der Waals surface area (Å²) in [6, 6.07) is 6.56. The van der Waals surface area contributed by atoms with Crippen LogP contribution in [-0.4, -0.2) is 28.9 Å². The van der Waals surface area contributed by atoms with Crippen molar-refractivity contribution >= 4 is 33.8 Å². The molecule has 2 atom stereocenters. The average molecular weight is 476 g/mol. The lowest BCUT2D eigenvalue weighted by Gasteiger charge is -2.34. The maximum Gasteiger partial charge on any atom is 0.410 e. The van der Waals surface area contributed by atoms with Crippen LogP contribution in [0.25, 0.3) is 0 Å². The Morgan fingerprint density at radius 1 is 1.21 bits per heavy atom. The lowest BCUT2D eigenvalue weighted by Crippen LogP contribution is -2.36. The van der Waals surface area contributed by atoms with Crippen molar-refractivity contribution in [1.29, 1.82) is 0 Å². The lowest BCUT2D eigenvalue weighted by atomic mass is 9.96. The summed E-state index contributed by atoms with van der Waals surface area (Å²) in [6.45, 7) is 0. The van der Waals surface area contributed by atoms with Crippen LogP contribution in [0.1, 0.15) is 57.7 Å². The number of benzene rings is 1. The molecule has 1 aliphatic heterocycles. The van der Waals surface area contributed by atoms with Gasteiger partial charge in [0, 0.05) is 18.3 Å². The van der Waals surface area contributed by atoms with Crippen LogP contribution in [0.3, 0.4) is 0 Å². The Labute approximate surface area is 193 Å². The van der Waals surface area contributed by atoms with E-state index in [1.165, 1.54) is 28.0 Å². The maximum absolute atomic E-state index is 13.9. The third-order valence-corrected chi connectivity index (χ3v) is 7.54. The van der Waals surface area contributed by atoms with Crippen LogP contribution in [-0.2, 0) is 12.8 Å². The maximum atomic E-state index is 13.9. The summed E-state index contributed by atoms with van der Waals surface area (Å²) < 4.78 is 42.6. The van der Waals surface area contributed by atoms with E-state index in [1.807, 2.05) is 13.1 Å². The molecule has 1 aliphatic carbocycles. The number of amides is 1. The number of nitrogens with one attached hydrogen (secondary N) is 3. The number of fused-ring (bicyclic) bond motifs is 2. The Kier molecular flexibility index (Phi) is 5.55. The number of alkyl halides is 3. The van der Waals surface area contributed by atoms with E-state index in [4.69, 9.17) is 0 Å². The van der Waals surface area contributed by atoms with E-state index in [0.717, 1.165) is 41.6 Å². The largest absolute Gasteiger partial charge is 0.410 e. The van der Waals surface area contributed by atoms with Crippen LogP contribution in [0.15, 0.2) is 36.5 Å². The summed E-state index contributed by atoms with van der Waals surface area (Å²) in [6.07, 6.45) is 0.670. The first-order valence-electron chi connectivity index (χ1n) is 11.0. The highest BCUT2D eigenvalue weighted by atomic mass is 32.1. The second kappa shape index (κ2) is 8.40. The van der Waals surface area contributed by atoms with Crippen molar-refractivity contribution < 1.29 is 18.0 Å². The number of aryl methyl sites for hydroxylation is 1. The van der Waals surface area contributed by atoms with Crippen molar-refractivity contribution in [2.24, 2.45) is 0 Å². The fourth-order valence-electron chi connectivity index (χ4n) is 4.72. The summed E-state index contributed by atoms with van der Waals surface area (Å²) >= 11 is 1.53. The molecule has 0 fully saturated rings. The Morgan fingerprint density at radius 2 is 1.97 bits per heavy atom. The van der Waals surface area contributed by atoms with Gasteiger partial charge >= 0.3 is 6.18 Å². The van der Waals surface area contributed by atoms with E-state index < -0.39 is 24.2 Å². The summed E-state index contributed by atoms with van der Waals surface area (Å²) in [5.41, 5.74) is 2.94. The molecule has 2 unspecified atom stereocenters. The second-order valence-corrected chi connectivity index (χ2v) is 9.48. The molecule has 3 aromatic rings. The first-order valence-corrected chi connectivity index (χ1v) is 11.8. The van der Waals surface area contributed by atoms with Gasteiger partial charge in [0.1, 0.15) is 16.4 Å². The van der Waals surface area contributed by atoms with Crippen LogP contribution in [0.2, 0.25) is 0 Å². The van der Waals surface area contributed by atoms with Gasteiger partial charge in [-0.2, -0.15) is 18.3 Å². The van der Waals surface area contributed by atoms with Gasteiger partial charge in [-0.3, -0.25) is 4.79 Å². The zero-order valence-electron chi connectivity index (χ0n) is 18.0. The minimum absolute atomic E-state index is 0.0854. The van der Waals surface area contributed by atoms with Crippen molar-refractivity contribution in [2.45, 2.75) is 50.4 Å². The number of nitrogens with zero attached hydrogens (tertiary/aromatic N) is 2. The van der Waals surface area contributed by atoms with Crippen molar-refractivity contribution in [3.8, 4) is 0 Å². The summed E-state index contributed by atoms with van der Waals surface area (Å²) in [4.78, 5) is 14.5. The summed E-state index contributed by atoms with van der Waals surface area (Å²) in [5.74, 6) is -0.393. The third-order valence-electron chi connectivity index (χ3n) is 6.33. The SMILES string of the molecule is CNc1c(NC(=O)c2cnn3c2NC(c2ccccc2)CC3C(F)(F)F)sc2c1CCCC2. The number of thiophene rings is 1. The number of carbonyl (C=O) groups is 1. The molecule has 2 aromatic heterocycles. The first kappa shape index (κ1) is 21.8. The van der Waals surface area contributed by atoms with Crippen molar-refractivity contribution in [2.75, 3.05) is 23.0 Å². The normalized spacial score (nSPS) is 19.9. The number of aromatic nitrogens is 2. The number of halogens is 3. The molecule has 5 rings (SSSR count). The van der Waals surface area contributed by atoms with E-state index in [2.05, 4.69) is 21.0 Å². The molecule has 6 nitrogen and oxygen atoms in total. The van der Waals surface area contributed by atoms with Gasteiger partial charge in [0.2, 0.25) is 0 Å². The van der Waals surface area contributed by atoms with Crippen LogP contribution >= 0.6 is 11.3 Å². The van der Waals surface area contributed by atoms with Crippen LogP contribution in [0.4, 0.5) is 29.7 Å². The Balaban J connectivity index is 1.48. The van der Waals surface area contributed by atoms with Crippen LogP contribution < -0.4 is 16.0 Å². The third kappa shape index (κ3) is 3.96. The van der Waals surface area contributed by atoms with E-state index in [9.17, 15) is 18.0 Å². The predicted octanol–water partition coefficient (Wildman–Crippen LogP) is 5.78. The van der Waals surface area contributed by atoms with E-state index in [0.29, 0.717) is 5.00 Å². The molecule has 0 saturated heterocycles. The number of hydrogen-bond donors (Lipinski definition) is 3. The molecular weight excluding hydrogens is 451 g/mol. The topological polar surface area (TPSA) is 71.0 Å². The molecule has 0 saturated carbocycles. The molecule has 3 heterocycles. The minimum atomic E-state index is -4.49. The highest BCUT2D eigenvalue weighted by Gasteiger charge is 2.47. The molecule has 1 aromatic carbocycles. The van der Waals surface area contributed by atoms with Gasteiger partial charge in [0.05, 0.1) is 17.9 Å². The van der Waals surface area contributed by atoms with Gasteiger partial charge < -0.3 is 16.0 Å². The molecule has 174 valence electrons. The molecule has 33 heavy (non-hydrogen) atoms. The molecule has 0 spiro atoms. The van der Waals surface area contributed by atoms with Gasteiger partial charge in [-0.25, -0.2) is 4.68 Å². The second-order valence-electron chi connectivity index (χ2n) is 8.37. The van der Waals surface area contributed by atoms with Crippen molar-refractivity contribution in [3.63, 3.8) is 0 Å². The molecule has 0 radical (unpaired) electrons. The average Bonchev–Trinajstić information content (AvgIpc) is 3.39. The lowest BCUT2D eigenvalue weighted by molar-refractivity contribution is -0.173. The van der Waals surface area contributed by atoms with Gasteiger partial charge in [0.15, 0.2) is 6.04 Å². The number of hydrogen-bond acceptors (Lipinski definition) is 5. The Morgan fingerprint density at radius 3 is 2.70 bits per heavy atom. The standard InChI is InChI=1S/C23H24F3N5OS/c1-27-19-14-9-5-6-10-17(14)33-22(19)30-21(32)15-12-28-31-18(23(24,25)26)11-16(29-20(15)31)13-7-3-2-4-8-13/h2-4,7-8,12,16,18,27,29H,5-6,9-11H2,1H3,(H,30,32). The van der Waals surface area contributed by atoms with Crippen LogP contribution in [0, 0.1) is 0 Å². The van der Waals surface area contributed by atoms with Gasteiger partial charge in [-0.05, 0) is 36.8 Å². The van der Waals surface area contributed by atoms with E-state index in [-0.39, 0.29) is 17.8 Å². The van der Waals surface area contributed by atoms with E-state index >= 15 is 0 Å². The first-order chi connectivity index (χ1) is 15.9. The Hall–Kier alpha value is -3.01. The molecule has 2 aliphatic rings. The van der Waals surface area contributed by atoms with Gasteiger partial charge in [0.25, 0.3) is 5.91 Å². The number of carbonyl (C=O) groups excluding carboxylic acids is 1.